The maximum atomic E-state index is 13.0. The SMILES string of the molecule is C[C@H](NC(=O)C(CCCCN)CC(=O)NO)C(=O)N[C@@H](CCCCN)C(=O)NCC(=O)NCC(=O)N[C@@H](CCCCNC(=O)CCCC[C@@H]1SC[C@@H]2NC(=O)N[C@@H]21)C(N)=O. The normalized spacial score (nSPS) is 18.6. The van der Waals surface area contributed by atoms with Crippen molar-refractivity contribution in [1.29, 1.82) is 0 Å². The average molecular weight is 871 g/mol. The van der Waals surface area contributed by atoms with Gasteiger partial charge in [0.1, 0.15) is 18.1 Å². The Bertz CT molecular complexity index is 1460. The van der Waals surface area contributed by atoms with Crippen LogP contribution >= 0.6 is 11.8 Å². The molecule has 0 aromatic heterocycles. The lowest BCUT2D eigenvalue weighted by Gasteiger charge is -2.23. The lowest BCUT2D eigenvalue weighted by molar-refractivity contribution is -0.136. The van der Waals surface area contributed by atoms with Crippen LogP contribution in [0.25, 0.3) is 0 Å². The second-order valence-electron chi connectivity index (χ2n) is 15.0. The lowest BCUT2D eigenvalue weighted by atomic mass is 9.96. The molecule has 22 nitrogen and oxygen atoms in total. The van der Waals surface area contributed by atoms with Crippen LogP contribution in [0.3, 0.4) is 0 Å². The largest absolute Gasteiger partial charge is 0.368 e. The van der Waals surface area contributed by atoms with Crippen LogP contribution in [-0.2, 0) is 38.4 Å². The van der Waals surface area contributed by atoms with E-state index in [1.54, 1.807) is 0 Å². The summed E-state index contributed by atoms with van der Waals surface area (Å²) in [5.41, 5.74) is 18.1. The first-order chi connectivity index (χ1) is 28.7. The molecule has 0 aromatic rings. The number of unbranched alkanes of at least 4 members (excludes halogenated alkanes) is 4. The van der Waals surface area contributed by atoms with Gasteiger partial charge in [-0.2, -0.15) is 11.8 Å². The van der Waals surface area contributed by atoms with E-state index >= 15 is 0 Å². The summed E-state index contributed by atoms with van der Waals surface area (Å²) in [6.45, 7) is 1.46. The molecule has 2 saturated heterocycles. The van der Waals surface area contributed by atoms with Gasteiger partial charge in [-0.1, -0.05) is 12.8 Å². The van der Waals surface area contributed by atoms with Gasteiger partial charge in [-0.15, -0.1) is 0 Å². The molecule has 0 bridgehead atoms. The highest BCUT2D eigenvalue weighted by Gasteiger charge is 2.42. The minimum atomic E-state index is -1.11. The van der Waals surface area contributed by atoms with E-state index in [0.717, 1.165) is 25.0 Å². The number of nitrogens with one attached hydrogen (secondary N) is 9. The van der Waals surface area contributed by atoms with Crippen LogP contribution in [0.2, 0.25) is 0 Å². The average Bonchev–Trinajstić information content (AvgIpc) is 3.77. The fourth-order valence-electron chi connectivity index (χ4n) is 6.71. The molecule has 7 atom stereocenters. The Kier molecular flexibility index (Phi) is 24.6. The van der Waals surface area contributed by atoms with Gasteiger partial charge in [0.2, 0.25) is 47.3 Å². The van der Waals surface area contributed by atoms with Gasteiger partial charge in [0.05, 0.1) is 25.2 Å². The third kappa shape index (κ3) is 20.0. The van der Waals surface area contributed by atoms with Crippen LogP contribution in [-0.4, -0.2) is 132 Å². The number of fused-ring (bicyclic) bond motifs is 1. The summed E-state index contributed by atoms with van der Waals surface area (Å²) in [6.07, 6.45) is 6.43. The summed E-state index contributed by atoms with van der Waals surface area (Å²) >= 11 is 1.84. The van der Waals surface area contributed by atoms with E-state index in [1.807, 2.05) is 11.8 Å². The Labute approximate surface area is 354 Å². The number of carbonyl (C=O) groups is 9. The molecule has 0 saturated carbocycles. The molecular weight excluding hydrogens is 805 g/mol. The van der Waals surface area contributed by atoms with E-state index in [0.29, 0.717) is 76.3 Å². The molecule has 2 aliphatic heterocycles. The number of nitrogens with two attached hydrogens (primary N) is 3. The Morgan fingerprint density at radius 3 is 2.07 bits per heavy atom. The van der Waals surface area contributed by atoms with Crippen LogP contribution in [0.4, 0.5) is 4.79 Å². The number of hydrogen-bond donors (Lipinski definition) is 13. The van der Waals surface area contributed by atoms with Gasteiger partial charge in [-0.25, -0.2) is 10.3 Å². The quantitative estimate of drug-likeness (QED) is 0.0143. The molecule has 0 radical (unpaired) electrons. The molecule has 0 aromatic carbocycles. The molecule has 2 aliphatic rings. The van der Waals surface area contributed by atoms with Gasteiger partial charge in [0.15, 0.2) is 0 Å². The van der Waals surface area contributed by atoms with E-state index in [1.165, 1.54) is 12.4 Å². The Balaban J connectivity index is 1.70. The summed E-state index contributed by atoms with van der Waals surface area (Å²) in [5, 5.41) is 30.3. The molecule has 10 amide bonds. The number of carbonyl (C=O) groups excluding carboxylic acids is 9. The minimum absolute atomic E-state index is 0.0788. The highest BCUT2D eigenvalue weighted by molar-refractivity contribution is 8.00. The third-order valence-electron chi connectivity index (χ3n) is 10.1. The smallest absolute Gasteiger partial charge is 0.315 e. The Morgan fingerprint density at radius 1 is 0.717 bits per heavy atom. The van der Waals surface area contributed by atoms with Gasteiger partial charge >= 0.3 is 6.03 Å². The maximum Gasteiger partial charge on any atom is 0.315 e. The number of rotatable bonds is 31. The van der Waals surface area contributed by atoms with Crippen LogP contribution in [0, 0.1) is 5.92 Å². The molecule has 2 fully saturated rings. The van der Waals surface area contributed by atoms with E-state index in [2.05, 4.69) is 42.5 Å². The molecule has 0 spiro atoms. The number of primary amides is 1. The van der Waals surface area contributed by atoms with E-state index < -0.39 is 78.5 Å². The van der Waals surface area contributed by atoms with Crippen molar-refractivity contribution >= 4 is 65.1 Å². The predicted octanol–water partition coefficient (Wildman–Crippen LogP) is -3.04. The summed E-state index contributed by atoms with van der Waals surface area (Å²) in [5.74, 6) is -4.96. The topological polar surface area (TPSA) is 360 Å². The van der Waals surface area contributed by atoms with Crippen molar-refractivity contribution < 1.29 is 48.4 Å². The molecule has 2 rings (SSSR count). The minimum Gasteiger partial charge on any atom is -0.368 e. The molecule has 16 N–H and O–H groups in total. The van der Waals surface area contributed by atoms with Crippen LogP contribution in [0.15, 0.2) is 0 Å². The van der Waals surface area contributed by atoms with Gasteiger partial charge < -0.3 is 59.7 Å². The fraction of sp³-hybridized carbons (Fsp3) is 0.757. The van der Waals surface area contributed by atoms with Gasteiger partial charge in [0, 0.05) is 36.3 Å². The molecular formula is C37H66N12O10S. The summed E-state index contributed by atoms with van der Waals surface area (Å²) in [6, 6.07) is -3.03. The maximum absolute atomic E-state index is 13.0. The lowest BCUT2D eigenvalue weighted by Crippen LogP contribution is -2.54. The first-order valence-electron chi connectivity index (χ1n) is 20.7. The van der Waals surface area contributed by atoms with Gasteiger partial charge in [-0.05, 0) is 84.2 Å². The van der Waals surface area contributed by atoms with Crippen molar-refractivity contribution in [3.05, 3.63) is 0 Å². The van der Waals surface area contributed by atoms with Crippen LogP contribution < -0.4 is 65.2 Å². The monoisotopic (exact) mass is 870 g/mol. The fourth-order valence-corrected chi connectivity index (χ4v) is 8.26. The summed E-state index contributed by atoms with van der Waals surface area (Å²) in [4.78, 5) is 112. The highest BCUT2D eigenvalue weighted by atomic mass is 32.2. The van der Waals surface area contributed by atoms with E-state index in [-0.39, 0.29) is 43.3 Å². The second-order valence-corrected chi connectivity index (χ2v) is 16.3. The zero-order chi connectivity index (χ0) is 44.5. The van der Waals surface area contributed by atoms with Crippen molar-refractivity contribution in [2.45, 2.75) is 132 Å². The Morgan fingerprint density at radius 2 is 1.38 bits per heavy atom. The van der Waals surface area contributed by atoms with Crippen molar-refractivity contribution in [3.8, 4) is 0 Å². The molecule has 60 heavy (non-hydrogen) atoms. The second kappa shape index (κ2) is 28.7. The van der Waals surface area contributed by atoms with Crippen molar-refractivity contribution in [2.75, 3.05) is 38.5 Å². The standard InChI is InChI=1S/C37H66N12O10S/c1-22(44-35(56)23(10-4-7-15-38)18-29(51)49-59)34(55)46-25(12-5-8-16-39)36(57)43-19-30(52)42-20-31(53)45-24(33(40)54)11-6-9-17-41-28(50)14-3-2-13-27-32-26(21-60-27)47-37(58)48-32/h22-27,32,59H,2-21,38-39H2,1H3,(H2,40,54)(H,41,50)(H,42,52)(H,43,57)(H,44,56)(H,45,53)(H,46,55)(H,49,51)(H2,47,48,58)/t22-,23?,24-,25-,26-,27-,32-/m0/s1. The van der Waals surface area contributed by atoms with Crippen molar-refractivity contribution in [1.82, 2.24) is 48.0 Å². The summed E-state index contributed by atoms with van der Waals surface area (Å²) in [7, 11) is 0. The van der Waals surface area contributed by atoms with Crippen molar-refractivity contribution in [3.63, 3.8) is 0 Å². The number of thioether (sulfide) groups is 1. The third-order valence-corrected chi connectivity index (χ3v) is 11.6. The number of hydroxylamine groups is 1. The van der Waals surface area contributed by atoms with Gasteiger partial charge in [-0.3, -0.25) is 43.6 Å². The molecule has 1 unspecified atom stereocenters. The Hall–Kier alpha value is -4.74. The van der Waals surface area contributed by atoms with Crippen molar-refractivity contribution in [2.24, 2.45) is 23.1 Å². The first-order valence-corrected chi connectivity index (χ1v) is 21.8. The molecule has 340 valence electrons. The van der Waals surface area contributed by atoms with Crippen LogP contribution in [0.1, 0.15) is 96.8 Å². The summed E-state index contributed by atoms with van der Waals surface area (Å²) < 4.78 is 0. The molecule has 0 aliphatic carbocycles. The predicted molar refractivity (Wildman–Crippen MR) is 221 cm³/mol. The zero-order valence-corrected chi connectivity index (χ0v) is 35.3. The number of urea groups is 1. The highest BCUT2D eigenvalue weighted by Crippen LogP contribution is 2.33. The van der Waals surface area contributed by atoms with Gasteiger partial charge in [0.25, 0.3) is 0 Å². The first kappa shape index (κ1) is 51.4. The molecule has 2 heterocycles. The van der Waals surface area contributed by atoms with E-state index in [4.69, 9.17) is 22.4 Å². The number of amides is 10. The number of hydrogen-bond acceptors (Lipinski definition) is 13. The van der Waals surface area contributed by atoms with E-state index in [9.17, 15) is 43.2 Å². The zero-order valence-electron chi connectivity index (χ0n) is 34.4. The van der Waals surface area contributed by atoms with Crippen LogP contribution in [0.5, 0.6) is 0 Å². The molecule has 23 heteroatoms.